The van der Waals surface area contributed by atoms with E-state index in [2.05, 4.69) is 6.58 Å². The van der Waals surface area contributed by atoms with Gasteiger partial charge < -0.3 is 10.8 Å². The molecule has 0 heterocycles. The van der Waals surface area contributed by atoms with E-state index < -0.39 is 22.8 Å². The summed E-state index contributed by atoms with van der Waals surface area (Å²) in [6.07, 6.45) is 3.42. The minimum Gasteiger partial charge on any atom is -0.480 e. The van der Waals surface area contributed by atoms with Crippen LogP contribution in [0.2, 0.25) is 0 Å². The summed E-state index contributed by atoms with van der Waals surface area (Å²) in [6, 6.07) is -0.833. The number of aliphatic carboxylic acids is 1. The fourth-order valence-electron chi connectivity index (χ4n) is 0.609. The summed E-state index contributed by atoms with van der Waals surface area (Å²) in [5.74, 6) is 0.334. The van der Waals surface area contributed by atoms with Crippen molar-refractivity contribution >= 4 is 38.4 Å². The van der Waals surface area contributed by atoms with Crippen molar-refractivity contribution in [1.29, 1.82) is 0 Å². The van der Waals surface area contributed by atoms with Gasteiger partial charge in [0.1, 0.15) is 6.04 Å². The van der Waals surface area contributed by atoms with E-state index in [9.17, 15) is 9.00 Å². The summed E-state index contributed by atoms with van der Waals surface area (Å²) < 4.78 is 11.1. The molecule has 0 aliphatic heterocycles. The van der Waals surface area contributed by atoms with Gasteiger partial charge in [0, 0.05) is 28.1 Å². The van der Waals surface area contributed by atoms with Crippen LogP contribution in [0.1, 0.15) is 0 Å². The molecule has 0 aromatic heterocycles. The third-order valence-corrected chi connectivity index (χ3v) is 4.63. The summed E-state index contributed by atoms with van der Waals surface area (Å²) in [7, 11) is 1.86. The van der Waals surface area contributed by atoms with E-state index in [4.69, 9.17) is 10.8 Å². The Balaban J connectivity index is 3.51. The molecule has 92 valence electrons. The van der Waals surface area contributed by atoms with Crippen molar-refractivity contribution in [3.05, 3.63) is 24.1 Å². The van der Waals surface area contributed by atoms with Gasteiger partial charge in [0.05, 0.1) is 0 Å². The highest BCUT2D eigenvalue weighted by Gasteiger charge is 2.10. The standard InChI is InChI=1S/C9H15NO3S3/c1-2-5-16(13)6-3-4-14-15-7-8(10)9(11)12/h2-4,8H,1,5-7,10H2,(H,11,12). The van der Waals surface area contributed by atoms with Gasteiger partial charge in [0.2, 0.25) is 0 Å². The number of carbonyl (C=O) groups is 1. The first-order valence-corrected chi connectivity index (χ1v) is 8.32. The summed E-state index contributed by atoms with van der Waals surface area (Å²) in [5.41, 5.74) is 5.30. The normalized spacial score (nSPS) is 14.8. The van der Waals surface area contributed by atoms with E-state index in [1.54, 1.807) is 17.6 Å². The topological polar surface area (TPSA) is 80.4 Å². The number of hydrogen-bond acceptors (Lipinski definition) is 5. The smallest absolute Gasteiger partial charge is 0.321 e. The average Bonchev–Trinajstić information content (AvgIpc) is 2.23. The summed E-state index contributed by atoms with van der Waals surface area (Å²) in [5, 5.41) is 10.3. The number of hydrogen-bond donors (Lipinski definition) is 2. The van der Waals surface area contributed by atoms with E-state index in [-0.39, 0.29) is 0 Å². The molecule has 3 N–H and O–H groups in total. The van der Waals surface area contributed by atoms with E-state index in [0.717, 1.165) is 0 Å². The van der Waals surface area contributed by atoms with Crippen molar-refractivity contribution in [1.82, 2.24) is 0 Å². The predicted molar refractivity (Wildman–Crippen MR) is 72.9 cm³/mol. The molecule has 2 atom stereocenters. The van der Waals surface area contributed by atoms with Crippen LogP contribution in [0.5, 0.6) is 0 Å². The molecule has 2 unspecified atom stereocenters. The van der Waals surface area contributed by atoms with Crippen LogP contribution in [0.3, 0.4) is 0 Å². The maximum atomic E-state index is 11.1. The van der Waals surface area contributed by atoms with Crippen molar-refractivity contribution in [2.45, 2.75) is 6.04 Å². The van der Waals surface area contributed by atoms with Crippen LogP contribution in [0.25, 0.3) is 0 Å². The number of nitrogens with two attached hydrogens (primary N) is 1. The van der Waals surface area contributed by atoms with Gasteiger partial charge in [-0.25, -0.2) is 0 Å². The van der Waals surface area contributed by atoms with Crippen LogP contribution < -0.4 is 5.73 Å². The lowest BCUT2D eigenvalue weighted by atomic mass is 10.4. The maximum absolute atomic E-state index is 11.1. The molecule has 4 nitrogen and oxygen atoms in total. The number of carboxylic acid groups (broad SMARTS) is 1. The van der Waals surface area contributed by atoms with Crippen molar-refractivity contribution in [2.75, 3.05) is 17.3 Å². The molecule has 7 heteroatoms. The van der Waals surface area contributed by atoms with E-state index in [1.165, 1.54) is 21.6 Å². The van der Waals surface area contributed by atoms with Crippen molar-refractivity contribution in [3.8, 4) is 0 Å². The molecule has 16 heavy (non-hydrogen) atoms. The fourth-order valence-corrected chi connectivity index (χ4v) is 3.21. The lowest BCUT2D eigenvalue weighted by molar-refractivity contribution is -0.137. The minimum atomic E-state index is -0.996. The fraction of sp³-hybridized carbons (Fsp3) is 0.444. The van der Waals surface area contributed by atoms with Gasteiger partial charge in [-0.1, -0.05) is 33.7 Å². The van der Waals surface area contributed by atoms with E-state index >= 15 is 0 Å². The minimum absolute atomic E-state index is 0.347. The number of carboxylic acids is 1. The van der Waals surface area contributed by atoms with E-state index in [0.29, 0.717) is 17.3 Å². The Morgan fingerprint density at radius 3 is 2.81 bits per heavy atom. The van der Waals surface area contributed by atoms with Crippen LogP contribution >= 0.6 is 21.6 Å². The maximum Gasteiger partial charge on any atom is 0.321 e. The Hall–Kier alpha value is -0.240. The average molecular weight is 281 g/mol. The SMILES string of the molecule is C=CCS(=O)CC=CSSCC(N)C(=O)O. The zero-order valence-corrected chi connectivity index (χ0v) is 11.2. The van der Waals surface area contributed by atoms with Crippen LogP contribution in [0.15, 0.2) is 24.1 Å². The molecule has 0 aliphatic rings. The second-order valence-electron chi connectivity index (χ2n) is 2.76. The lowest BCUT2D eigenvalue weighted by Gasteiger charge is -2.02. The van der Waals surface area contributed by atoms with Crippen LogP contribution in [-0.4, -0.2) is 38.6 Å². The Kier molecular flexibility index (Phi) is 9.80. The molecule has 0 amide bonds. The third kappa shape index (κ3) is 9.02. The van der Waals surface area contributed by atoms with Crippen LogP contribution in [-0.2, 0) is 15.6 Å². The summed E-state index contributed by atoms with van der Waals surface area (Å²) in [6.45, 7) is 3.50. The van der Waals surface area contributed by atoms with Crippen molar-refractivity contribution in [2.24, 2.45) is 5.73 Å². The summed E-state index contributed by atoms with van der Waals surface area (Å²) >= 11 is 0. The first kappa shape index (κ1) is 15.8. The van der Waals surface area contributed by atoms with Gasteiger partial charge in [0.25, 0.3) is 0 Å². The lowest BCUT2D eigenvalue weighted by Crippen LogP contribution is -2.32. The molecule has 0 saturated carbocycles. The molecule has 0 fully saturated rings. The first-order chi connectivity index (χ1) is 7.57. The Bertz CT molecular complexity index is 281. The molecule has 0 spiro atoms. The Labute approximate surface area is 106 Å². The Morgan fingerprint density at radius 1 is 1.56 bits per heavy atom. The van der Waals surface area contributed by atoms with Gasteiger partial charge in [-0.3, -0.25) is 9.00 Å². The van der Waals surface area contributed by atoms with Crippen LogP contribution in [0.4, 0.5) is 0 Å². The monoisotopic (exact) mass is 281 g/mol. The molecule has 0 aromatic carbocycles. The molecule has 0 aromatic rings. The zero-order valence-electron chi connectivity index (χ0n) is 8.70. The second kappa shape index (κ2) is 9.95. The largest absolute Gasteiger partial charge is 0.480 e. The molecule has 0 radical (unpaired) electrons. The molecule has 0 saturated heterocycles. The molecule has 0 rings (SSSR count). The van der Waals surface area contributed by atoms with E-state index in [1.807, 2.05) is 0 Å². The zero-order chi connectivity index (χ0) is 12.4. The highest BCUT2D eigenvalue weighted by atomic mass is 33.1. The third-order valence-electron chi connectivity index (χ3n) is 1.37. The second-order valence-corrected chi connectivity index (χ2v) is 6.62. The van der Waals surface area contributed by atoms with Gasteiger partial charge >= 0.3 is 5.97 Å². The number of rotatable bonds is 9. The Morgan fingerprint density at radius 2 is 2.25 bits per heavy atom. The molecule has 0 bridgehead atoms. The van der Waals surface area contributed by atoms with Gasteiger partial charge in [-0.15, -0.1) is 6.58 Å². The highest BCUT2D eigenvalue weighted by molar-refractivity contribution is 8.77. The van der Waals surface area contributed by atoms with Crippen molar-refractivity contribution < 1.29 is 14.1 Å². The molecular formula is C9H15NO3S3. The molecular weight excluding hydrogens is 266 g/mol. The predicted octanol–water partition coefficient (Wildman–Crippen LogP) is 1.23. The van der Waals surface area contributed by atoms with Crippen LogP contribution in [0, 0.1) is 0 Å². The van der Waals surface area contributed by atoms with Crippen molar-refractivity contribution in [3.63, 3.8) is 0 Å². The highest BCUT2D eigenvalue weighted by Crippen LogP contribution is 2.22. The quantitative estimate of drug-likeness (QED) is 0.376. The van der Waals surface area contributed by atoms with Gasteiger partial charge in [-0.2, -0.15) is 0 Å². The van der Waals surface area contributed by atoms with Gasteiger partial charge in [-0.05, 0) is 5.41 Å². The molecule has 0 aliphatic carbocycles. The summed E-state index contributed by atoms with van der Waals surface area (Å²) in [4.78, 5) is 10.4. The van der Waals surface area contributed by atoms with Gasteiger partial charge in [0.15, 0.2) is 0 Å². The first-order valence-electron chi connectivity index (χ1n) is 4.45.